The molecule has 21 heavy (non-hydrogen) atoms. The number of nitrogens with zero attached hydrogens (tertiary/aromatic N) is 2. The molecule has 0 aromatic heterocycles. The van der Waals surface area contributed by atoms with E-state index in [1.165, 1.54) is 0 Å². The maximum Gasteiger partial charge on any atom is 0.310 e. The third-order valence-electron chi connectivity index (χ3n) is 5.94. The Kier molecular flexibility index (Phi) is 3.19. The fourth-order valence-electron chi connectivity index (χ4n) is 4.80. The first-order chi connectivity index (χ1) is 10.1. The molecule has 2 bridgehead atoms. The Labute approximate surface area is 129 Å². The van der Waals surface area contributed by atoms with Crippen LogP contribution in [-0.4, -0.2) is 65.9 Å². The van der Waals surface area contributed by atoms with Crippen molar-refractivity contribution in [3.05, 3.63) is 0 Å². The topological polar surface area (TPSA) is 49.9 Å². The smallest absolute Gasteiger partial charge is 0.310 e. The summed E-state index contributed by atoms with van der Waals surface area (Å²) in [7, 11) is 0. The van der Waals surface area contributed by atoms with Crippen LogP contribution in [0.4, 0.5) is 0 Å². The van der Waals surface area contributed by atoms with Gasteiger partial charge in [-0.05, 0) is 18.9 Å². The number of carbonyl (C=O) groups excluding carboxylic acids is 2. The van der Waals surface area contributed by atoms with Crippen LogP contribution >= 0.6 is 11.6 Å². The number of likely N-dealkylation sites (N-methyl/N-ethyl adjacent to an activating group) is 1. The van der Waals surface area contributed by atoms with Gasteiger partial charge < -0.3 is 14.5 Å². The van der Waals surface area contributed by atoms with E-state index in [0.29, 0.717) is 0 Å². The Morgan fingerprint density at radius 2 is 2.00 bits per heavy atom. The maximum atomic E-state index is 12.9. The van der Waals surface area contributed by atoms with Crippen LogP contribution in [-0.2, 0) is 14.3 Å². The monoisotopic (exact) mass is 312 g/mol. The van der Waals surface area contributed by atoms with Crippen molar-refractivity contribution in [2.24, 2.45) is 23.7 Å². The van der Waals surface area contributed by atoms with Crippen LogP contribution in [0.15, 0.2) is 0 Å². The molecule has 0 N–H and O–H groups in total. The second-order valence-corrected chi connectivity index (χ2v) is 7.22. The largest absolute Gasteiger partial charge is 0.460 e. The van der Waals surface area contributed by atoms with Gasteiger partial charge in [-0.3, -0.25) is 9.59 Å². The molecule has 2 aliphatic carbocycles. The minimum absolute atomic E-state index is 0.120. The van der Waals surface area contributed by atoms with Crippen molar-refractivity contribution in [2.75, 3.05) is 32.7 Å². The van der Waals surface area contributed by atoms with E-state index in [1.807, 2.05) is 4.90 Å². The number of hydrogen-bond donors (Lipinski definition) is 0. The normalized spacial score (nSPS) is 45.2. The molecule has 0 aromatic carbocycles. The van der Waals surface area contributed by atoms with E-state index in [2.05, 4.69) is 11.8 Å². The highest BCUT2D eigenvalue weighted by atomic mass is 35.5. The molecule has 6 atom stereocenters. The molecule has 5 nitrogen and oxygen atoms in total. The number of esters is 1. The lowest BCUT2D eigenvalue weighted by Gasteiger charge is -2.37. The fourth-order valence-corrected chi connectivity index (χ4v) is 5.30. The molecule has 2 saturated heterocycles. The molecular weight excluding hydrogens is 292 g/mol. The molecule has 2 heterocycles. The van der Waals surface area contributed by atoms with E-state index in [9.17, 15) is 9.59 Å². The summed E-state index contributed by atoms with van der Waals surface area (Å²) in [6.45, 7) is 6.53. The molecule has 2 saturated carbocycles. The Morgan fingerprint density at radius 1 is 1.29 bits per heavy atom. The van der Waals surface area contributed by atoms with E-state index < -0.39 is 0 Å². The summed E-state index contributed by atoms with van der Waals surface area (Å²) >= 11 is 6.43. The molecule has 4 aliphatic rings. The Morgan fingerprint density at radius 3 is 2.67 bits per heavy atom. The zero-order chi connectivity index (χ0) is 14.7. The average Bonchev–Trinajstić information content (AvgIpc) is 3.11. The molecule has 0 radical (unpaired) electrons. The van der Waals surface area contributed by atoms with Gasteiger partial charge in [0.2, 0.25) is 5.91 Å². The van der Waals surface area contributed by atoms with E-state index in [-0.39, 0.29) is 47.0 Å². The molecule has 2 aliphatic heterocycles. The summed E-state index contributed by atoms with van der Waals surface area (Å²) in [5.41, 5.74) is 0. The lowest BCUT2D eigenvalue weighted by molar-refractivity contribution is -0.148. The van der Waals surface area contributed by atoms with E-state index in [4.69, 9.17) is 16.3 Å². The molecule has 0 aromatic rings. The molecule has 0 spiro atoms. The predicted molar refractivity (Wildman–Crippen MR) is 76.8 cm³/mol. The second-order valence-electron chi connectivity index (χ2n) is 6.72. The lowest BCUT2D eigenvalue weighted by atomic mass is 9.79. The minimum atomic E-state index is -0.239. The van der Waals surface area contributed by atoms with Crippen molar-refractivity contribution < 1.29 is 14.3 Å². The van der Waals surface area contributed by atoms with Crippen molar-refractivity contribution >= 4 is 23.5 Å². The van der Waals surface area contributed by atoms with Crippen LogP contribution in [0.1, 0.15) is 13.3 Å². The van der Waals surface area contributed by atoms with Gasteiger partial charge in [0.05, 0.1) is 17.2 Å². The van der Waals surface area contributed by atoms with Crippen molar-refractivity contribution in [2.45, 2.75) is 24.8 Å². The number of halogens is 1. The van der Waals surface area contributed by atoms with Gasteiger partial charge in [-0.1, -0.05) is 6.92 Å². The number of fused-ring (bicyclic) bond motifs is 1. The standard InChI is InChI=1S/C15H21ClN2O3/c1-2-17-3-5-18(6-4-17)14(19)10-8-7-9-11(10)15(20)21-13(9)12(8)16/h8-13H,2-7H2,1H3/t8-,9+,10-,11+,12?,13-/m0/s1. The fraction of sp³-hybridized carbons (Fsp3) is 0.867. The lowest BCUT2D eigenvalue weighted by Crippen LogP contribution is -2.52. The van der Waals surface area contributed by atoms with Crippen molar-refractivity contribution in [3.8, 4) is 0 Å². The zero-order valence-electron chi connectivity index (χ0n) is 12.2. The van der Waals surface area contributed by atoms with Gasteiger partial charge >= 0.3 is 5.97 Å². The van der Waals surface area contributed by atoms with Crippen LogP contribution in [0.25, 0.3) is 0 Å². The van der Waals surface area contributed by atoms with Crippen LogP contribution < -0.4 is 0 Å². The molecule has 116 valence electrons. The van der Waals surface area contributed by atoms with E-state index >= 15 is 0 Å². The first-order valence-corrected chi connectivity index (χ1v) is 8.41. The highest BCUT2D eigenvalue weighted by Crippen LogP contribution is 2.59. The molecule has 1 unspecified atom stereocenters. The van der Waals surface area contributed by atoms with Gasteiger partial charge in [0.15, 0.2) is 0 Å². The van der Waals surface area contributed by atoms with Gasteiger partial charge in [-0.25, -0.2) is 0 Å². The average molecular weight is 313 g/mol. The van der Waals surface area contributed by atoms with E-state index in [1.54, 1.807) is 0 Å². The Bertz CT molecular complexity index is 478. The zero-order valence-corrected chi connectivity index (χ0v) is 13.0. The van der Waals surface area contributed by atoms with Crippen molar-refractivity contribution in [3.63, 3.8) is 0 Å². The highest BCUT2D eigenvalue weighted by Gasteiger charge is 2.68. The van der Waals surface area contributed by atoms with Gasteiger partial charge in [0.25, 0.3) is 0 Å². The summed E-state index contributed by atoms with van der Waals surface area (Å²) in [6, 6.07) is 0. The van der Waals surface area contributed by atoms with Crippen LogP contribution in [0.3, 0.4) is 0 Å². The number of piperazine rings is 1. The first kappa shape index (κ1) is 13.8. The third kappa shape index (κ3) is 1.86. The maximum absolute atomic E-state index is 12.9. The minimum Gasteiger partial charge on any atom is -0.460 e. The predicted octanol–water partition coefficient (Wildman–Crippen LogP) is 0.565. The van der Waals surface area contributed by atoms with Crippen LogP contribution in [0.5, 0.6) is 0 Å². The van der Waals surface area contributed by atoms with Crippen molar-refractivity contribution in [1.29, 1.82) is 0 Å². The number of hydrogen-bond acceptors (Lipinski definition) is 4. The van der Waals surface area contributed by atoms with Crippen molar-refractivity contribution in [1.82, 2.24) is 9.80 Å². The molecule has 4 rings (SSSR count). The quantitative estimate of drug-likeness (QED) is 0.552. The number of rotatable bonds is 2. The SMILES string of the molecule is CCN1CCN(C(=O)[C@@H]2[C@@H]3C(=O)O[C@@H]4C(Cl)[C@H]2C[C@H]34)CC1. The summed E-state index contributed by atoms with van der Waals surface area (Å²) in [5, 5.41) is -0.177. The second kappa shape index (κ2) is 4.85. The number of carbonyl (C=O) groups is 2. The third-order valence-corrected chi connectivity index (χ3v) is 6.51. The molecular formula is C15H21ClN2O3. The molecule has 1 amide bonds. The number of amides is 1. The van der Waals surface area contributed by atoms with E-state index in [0.717, 1.165) is 39.1 Å². The number of ether oxygens (including phenoxy) is 1. The molecule has 4 fully saturated rings. The number of alkyl halides is 1. The van der Waals surface area contributed by atoms with Gasteiger partial charge in [-0.15, -0.1) is 11.6 Å². The highest BCUT2D eigenvalue weighted by molar-refractivity contribution is 6.22. The Hall–Kier alpha value is -0.810. The van der Waals surface area contributed by atoms with Gasteiger partial charge in [0, 0.05) is 32.1 Å². The summed E-state index contributed by atoms with van der Waals surface area (Å²) < 4.78 is 5.40. The first-order valence-electron chi connectivity index (χ1n) is 7.97. The summed E-state index contributed by atoms with van der Waals surface area (Å²) in [5.74, 6) is -0.235. The van der Waals surface area contributed by atoms with Gasteiger partial charge in [0.1, 0.15) is 6.10 Å². The van der Waals surface area contributed by atoms with Crippen LogP contribution in [0.2, 0.25) is 0 Å². The summed E-state index contributed by atoms with van der Waals surface area (Å²) in [4.78, 5) is 29.3. The summed E-state index contributed by atoms with van der Waals surface area (Å²) in [6.07, 6.45) is 0.732. The Balaban J connectivity index is 1.52. The van der Waals surface area contributed by atoms with Gasteiger partial charge in [-0.2, -0.15) is 0 Å². The molecule has 6 heteroatoms. The van der Waals surface area contributed by atoms with Crippen LogP contribution in [0, 0.1) is 23.7 Å².